The van der Waals surface area contributed by atoms with Gasteiger partial charge in [0.25, 0.3) is 0 Å². The Bertz CT molecular complexity index is 752. The Morgan fingerprint density at radius 1 is 1.41 bits per heavy atom. The largest absolute Gasteiger partial charge is 0.373 e. The Labute approximate surface area is 167 Å². The maximum atomic E-state index is 12.2. The van der Waals surface area contributed by atoms with E-state index in [1.165, 1.54) is 23.1 Å². The van der Waals surface area contributed by atoms with Gasteiger partial charge in [-0.2, -0.15) is 0 Å². The molecule has 0 aromatic carbocycles. The molecule has 2 aromatic rings. The smallest absolute Gasteiger partial charge is 0.236 e. The van der Waals surface area contributed by atoms with Crippen LogP contribution in [0.2, 0.25) is 0 Å². The topological polar surface area (TPSA) is 85.2 Å². The van der Waals surface area contributed by atoms with Crippen LogP contribution in [0, 0.1) is 0 Å². The molecule has 1 saturated heterocycles. The van der Waals surface area contributed by atoms with Crippen LogP contribution < -0.4 is 5.32 Å². The van der Waals surface area contributed by atoms with Crippen LogP contribution in [-0.2, 0) is 16.1 Å². The fraction of sp³-hybridized carbons (Fsp3) is 0.647. The third-order valence-corrected chi connectivity index (χ3v) is 5.87. The van der Waals surface area contributed by atoms with Gasteiger partial charge >= 0.3 is 0 Å². The van der Waals surface area contributed by atoms with Gasteiger partial charge in [0.15, 0.2) is 10.3 Å². The molecule has 2 aromatic heterocycles. The molecule has 1 fully saturated rings. The Balaban J connectivity index is 1.48. The van der Waals surface area contributed by atoms with E-state index < -0.39 is 0 Å². The van der Waals surface area contributed by atoms with E-state index in [4.69, 9.17) is 4.74 Å². The lowest BCUT2D eigenvalue weighted by molar-refractivity contribution is -0.113. The summed E-state index contributed by atoms with van der Waals surface area (Å²) in [7, 11) is 0. The Morgan fingerprint density at radius 2 is 2.15 bits per heavy atom. The molecule has 0 radical (unpaired) electrons. The molecular weight excluding hydrogens is 384 g/mol. The monoisotopic (exact) mass is 410 g/mol. The first-order valence-corrected chi connectivity index (χ1v) is 10.9. The van der Waals surface area contributed by atoms with E-state index in [0.29, 0.717) is 5.13 Å². The summed E-state index contributed by atoms with van der Waals surface area (Å²) in [5.74, 6) is 0.187. The van der Waals surface area contributed by atoms with Gasteiger partial charge in [-0.05, 0) is 27.7 Å². The van der Waals surface area contributed by atoms with E-state index in [1.54, 1.807) is 6.33 Å². The predicted octanol–water partition coefficient (Wildman–Crippen LogP) is 2.66. The average Bonchev–Trinajstić information content (AvgIpc) is 3.21. The maximum absolute atomic E-state index is 12.2. The van der Waals surface area contributed by atoms with Gasteiger partial charge < -0.3 is 14.6 Å². The molecule has 3 heterocycles. The Hall–Kier alpha value is -1.49. The molecule has 2 atom stereocenters. The third kappa shape index (κ3) is 5.74. The van der Waals surface area contributed by atoms with Crippen molar-refractivity contribution in [1.82, 2.24) is 24.6 Å². The van der Waals surface area contributed by atoms with Crippen LogP contribution in [0.15, 0.2) is 16.9 Å². The van der Waals surface area contributed by atoms with Crippen molar-refractivity contribution in [2.45, 2.75) is 57.6 Å². The molecule has 3 rings (SSSR count). The lowest BCUT2D eigenvalue weighted by Gasteiger charge is -2.34. The normalized spacial score (nSPS) is 20.9. The van der Waals surface area contributed by atoms with Crippen molar-refractivity contribution in [3.8, 4) is 0 Å². The quantitative estimate of drug-likeness (QED) is 0.702. The number of morpholine rings is 1. The zero-order valence-electron chi connectivity index (χ0n) is 16.1. The average molecular weight is 411 g/mol. The van der Waals surface area contributed by atoms with E-state index in [9.17, 15) is 4.79 Å². The van der Waals surface area contributed by atoms with E-state index in [2.05, 4.69) is 53.1 Å². The van der Waals surface area contributed by atoms with Gasteiger partial charge in [-0.3, -0.25) is 9.69 Å². The van der Waals surface area contributed by atoms with Crippen molar-refractivity contribution < 1.29 is 9.53 Å². The summed E-state index contributed by atoms with van der Waals surface area (Å²) in [6.07, 6.45) is 2.15. The van der Waals surface area contributed by atoms with Crippen molar-refractivity contribution >= 4 is 34.1 Å². The number of ether oxygens (including phenoxy) is 1. The zero-order chi connectivity index (χ0) is 19.4. The molecule has 0 aliphatic carbocycles. The number of carbonyl (C=O) groups excluding carboxylic acids is 1. The molecule has 1 aliphatic rings. The van der Waals surface area contributed by atoms with E-state index in [1.807, 2.05) is 9.95 Å². The molecule has 0 bridgehead atoms. The highest BCUT2D eigenvalue weighted by atomic mass is 32.2. The fourth-order valence-corrected chi connectivity index (χ4v) is 4.62. The maximum Gasteiger partial charge on any atom is 0.236 e. The van der Waals surface area contributed by atoms with Crippen molar-refractivity contribution in [3.63, 3.8) is 0 Å². The highest BCUT2D eigenvalue weighted by Gasteiger charge is 2.22. The second-order valence-electron chi connectivity index (χ2n) is 7.05. The fourth-order valence-electron chi connectivity index (χ4n) is 3.05. The summed E-state index contributed by atoms with van der Waals surface area (Å²) in [6.45, 7) is 10.9. The van der Waals surface area contributed by atoms with Crippen molar-refractivity contribution in [2.75, 3.05) is 24.2 Å². The zero-order valence-corrected chi connectivity index (χ0v) is 17.7. The van der Waals surface area contributed by atoms with Gasteiger partial charge in [0.2, 0.25) is 5.91 Å². The van der Waals surface area contributed by atoms with Gasteiger partial charge in [-0.25, -0.2) is 4.98 Å². The molecule has 10 heteroatoms. The number of nitrogens with zero attached hydrogens (tertiary/aromatic N) is 5. The number of anilines is 1. The molecule has 0 saturated carbocycles. The van der Waals surface area contributed by atoms with Crippen LogP contribution in [0.5, 0.6) is 0 Å². The lowest BCUT2D eigenvalue weighted by Crippen LogP contribution is -2.44. The van der Waals surface area contributed by atoms with Crippen LogP contribution in [0.25, 0.3) is 0 Å². The number of nitrogens with one attached hydrogen (secondary N) is 1. The molecule has 1 aliphatic heterocycles. The standard InChI is InChI=1S/C17H26N6O2S2/c1-11(2)23-10-18-21-17(23)27-9-15(24)20-16-19-14(8-26-16)7-22-5-12(3)25-13(4)6-22/h8,10-13H,5-7,9H2,1-4H3,(H,19,20,24). The van der Waals surface area contributed by atoms with Crippen LogP contribution in [0.3, 0.4) is 0 Å². The van der Waals surface area contributed by atoms with Gasteiger partial charge in [0.05, 0.1) is 23.7 Å². The SMILES string of the molecule is CC1CN(Cc2csc(NC(=O)CSc3nncn3C(C)C)n2)CC(C)O1. The summed E-state index contributed by atoms with van der Waals surface area (Å²) in [6, 6.07) is 0.262. The molecule has 8 nitrogen and oxygen atoms in total. The number of hydrogen-bond donors (Lipinski definition) is 1. The minimum Gasteiger partial charge on any atom is -0.373 e. The first-order valence-electron chi connectivity index (χ1n) is 9.05. The molecule has 1 N–H and O–H groups in total. The predicted molar refractivity (Wildman–Crippen MR) is 107 cm³/mol. The van der Waals surface area contributed by atoms with Crippen molar-refractivity contribution in [1.29, 1.82) is 0 Å². The number of thioether (sulfide) groups is 1. The summed E-state index contributed by atoms with van der Waals surface area (Å²) < 4.78 is 7.71. The van der Waals surface area contributed by atoms with Gasteiger partial charge in [0.1, 0.15) is 6.33 Å². The molecular formula is C17H26N6O2S2. The number of thiazole rings is 1. The number of carbonyl (C=O) groups is 1. The molecule has 27 heavy (non-hydrogen) atoms. The number of rotatable bonds is 7. The first-order chi connectivity index (χ1) is 12.9. The lowest BCUT2D eigenvalue weighted by atomic mass is 10.2. The van der Waals surface area contributed by atoms with Crippen LogP contribution in [-0.4, -0.2) is 61.6 Å². The second-order valence-corrected chi connectivity index (χ2v) is 8.85. The third-order valence-electron chi connectivity index (χ3n) is 4.11. The van der Waals surface area contributed by atoms with Crippen molar-refractivity contribution in [3.05, 3.63) is 17.4 Å². The second kappa shape index (κ2) is 9.13. The van der Waals surface area contributed by atoms with Crippen molar-refractivity contribution in [2.24, 2.45) is 0 Å². The minimum atomic E-state index is -0.0900. The van der Waals surface area contributed by atoms with Crippen LogP contribution >= 0.6 is 23.1 Å². The van der Waals surface area contributed by atoms with E-state index in [0.717, 1.165) is 30.5 Å². The molecule has 0 spiro atoms. The number of hydrogen-bond acceptors (Lipinski definition) is 8. The summed E-state index contributed by atoms with van der Waals surface area (Å²) in [5.41, 5.74) is 0.976. The van der Waals surface area contributed by atoms with E-state index >= 15 is 0 Å². The Morgan fingerprint density at radius 3 is 2.85 bits per heavy atom. The molecule has 2 unspecified atom stereocenters. The molecule has 1 amide bonds. The van der Waals surface area contributed by atoms with Gasteiger partial charge in [-0.1, -0.05) is 11.8 Å². The van der Waals surface area contributed by atoms with Gasteiger partial charge in [0, 0.05) is 31.1 Å². The summed E-state index contributed by atoms with van der Waals surface area (Å²) >= 11 is 2.83. The van der Waals surface area contributed by atoms with Gasteiger partial charge in [-0.15, -0.1) is 21.5 Å². The highest BCUT2D eigenvalue weighted by molar-refractivity contribution is 7.99. The number of amides is 1. The van der Waals surface area contributed by atoms with Crippen LogP contribution in [0.4, 0.5) is 5.13 Å². The Kier molecular flexibility index (Phi) is 6.85. The highest BCUT2D eigenvalue weighted by Crippen LogP contribution is 2.21. The summed E-state index contributed by atoms with van der Waals surface area (Å²) in [4.78, 5) is 19.1. The first kappa shape index (κ1) is 20.2. The van der Waals surface area contributed by atoms with E-state index in [-0.39, 0.29) is 29.9 Å². The van der Waals surface area contributed by atoms with Crippen LogP contribution in [0.1, 0.15) is 39.4 Å². The summed E-state index contributed by atoms with van der Waals surface area (Å²) in [5, 5.41) is 14.2. The minimum absolute atomic E-state index is 0.0900. The number of aromatic nitrogens is 4. The molecule has 148 valence electrons.